The Bertz CT molecular complexity index is 638. The van der Waals surface area contributed by atoms with Gasteiger partial charge >= 0.3 is 0 Å². The number of hydrogen-bond acceptors (Lipinski definition) is 4. The third kappa shape index (κ3) is 2.68. The number of benzene rings is 1. The lowest BCUT2D eigenvalue weighted by Gasteiger charge is -2.22. The molecule has 1 aliphatic rings. The Kier molecular flexibility index (Phi) is 3.95. The van der Waals surface area contributed by atoms with Crippen molar-refractivity contribution in [2.75, 3.05) is 13.1 Å². The molecule has 0 spiro atoms. The molecule has 1 fully saturated rings. The summed E-state index contributed by atoms with van der Waals surface area (Å²) < 4.78 is 18.6. The highest BCUT2D eigenvalue weighted by Crippen LogP contribution is 2.36. The molecule has 0 radical (unpaired) electrons. The second-order valence-corrected chi connectivity index (χ2v) is 5.91. The average Bonchev–Trinajstić information content (AvgIpc) is 3.08. The SMILES string of the molecule is CCCC1(c2nc(-c3ccc(F)cc3Cl)no2)CCNC1. The number of nitrogens with one attached hydrogen (secondary N) is 1. The first kappa shape index (κ1) is 14.5. The van der Waals surface area contributed by atoms with E-state index >= 15 is 0 Å². The maximum Gasteiger partial charge on any atom is 0.234 e. The Morgan fingerprint density at radius 1 is 1.48 bits per heavy atom. The largest absolute Gasteiger partial charge is 0.338 e. The second kappa shape index (κ2) is 5.73. The van der Waals surface area contributed by atoms with Crippen LogP contribution < -0.4 is 5.32 Å². The average molecular weight is 310 g/mol. The minimum atomic E-state index is -0.380. The van der Waals surface area contributed by atoms with E-state index in [0.29, 0.717) is 17.3 Å². The fourth-order valence-corrected chi connectivity index (χ4v) is 3.20. The van der Waals surface area contributed by atoms with E-state index in [-0.39, 0.29) is 16.3 Å². The van der Waals surface area contributed by atoms with Crippen LogP contribution in [0, 0.1) is 5.82 Å². The molecule has 2 aromatic rings. The van der Waals surface area contributed by atoms with Gasteiger partial charge < -0.3 is 9.84 Å². The van der Waals surface area contributed by atoms with Crippen molar-refractivity contribution in [2.24, 2.45) is 0 Å². The molecule has 21 heavy (non-hydrogen) atoms. The molecule has 1 N–H and O–H groups in total. The summed E-state index contributed by atoms with van der Waals surface area (Å²) in [4.78, 5) is 4.52. The molecule has 4 nitrogen and oxygen atoms in total. The van der Waals surface area contributed by atoms with Gasteiger partial charge in [-0.3, -0.25) is 0 Å². The number of rotatable bonds is 4. The summed E-state index contributed by atoms with van der Waals surface area (Å²) in [5.74, 6) is 0.678. The summed E-state index contributed by atoms with van der Waals surface area (Å²) >= 11 is 6.05. The number of nitrogens with zero attached hydrogens (tertiary/aromatic N) is 2. The van der Waals surface area contributed by atoms with E-state index in [1.165, 1.54) is 12.1 Å². The Morgan fingerprint density at radius 2 is 2.33 bits per heavy atom. The van der Waals surface area contributed by atoms with Gasteiger partial charge in [0.25, 0.3) is 0 Å². The van der Waals surface area contributed by atoms with E-state index in [1.807, 2.05) is 0 Å². The normalized spacial score (nSPS) is 21.9. The quantitative estimate of drug-likeness (QED) is 0.938. The van der Waals surface area contributed by atoms with Gasteiger partial charge in [-0.25, -0.2) is 4.39 Å². The first-order chi connectivity index (χ1) is 10.1. The standard InChI is InChI=1S/C15H17ClFN3O/c1-2-5-15(6-7-18-9-15)14-19-13(20-21-14)11-4-3-10(17)8-12(11)16/h3-4,8,18H,2,5-7,9H2,1H3. The van der Waals surface area contributed by atoms with Crippen LogP contribution in [0.1, 0.15) is 32.1 Å². The molecule has 1 aromatic carbocycles. The molecule has 3 rings (SSSR count). The number of aromatic nitrogens is 2. The zero-order chi connectivity index (χ0) is 14.9. The molecule has 0 bridgehead atoms. The minimum Gasteiger partial charge on any atom is -0.338 e. The van der Waals surface area contributed by atoms with E-state index in [0.717, 1.165) is 32.4 Å². The highest BCUT2D eigenvalue weighted by atomic mass is 35.5. The summed E-state index contributed by atoms with van der Waals surface area (Å²) in [5, 5.41) is 7.68. The monoisotopic (exact) mass is 309 g/mol. The lowest BCUT2D eigenvalue weighted by molar-refractivity contribution is 0.277. The molecule has 6 heteroatoms. The van der Waals surface area contributed by atoms with Crippen molar-refractivity contribution in [3.8, 4) is 11.4 Å². The van der Waals surface area contributed by atoms with E-state index in [9.17, 15) is 4.39 Å². The van der Waals surface area contributed by atoms with Crippen LogP contribution in [-0.4, -0.2) is 23.2 Å². The van der Waals surface area contributed by atoms with Crippen molar-refractivity contribution in [2.45, 2.75) is 31.6 Å². The van der Waals surface area contributed by atoms with Gasteiger partial charge in [-0.2, -0.15) is 4.98 Å². The van der Waals surface area contributed by atoms with Gasteiger partial charge in [0.1, 0.15) is 5.82 Å². The summed E-state index contributed by atoms with van der Waals surface area (Å²) in [6.45, 7) is 3.95. The van der Waals surface area contributed by atoms with Gasteiger partial charge in [-0.05, 0) is 37.6 Å². The van der Waals surface area contributed by atoms with E-state index < -0.39 is 0 Å². The third-order valence-corrected chi connectivity index (χ3v) is 4.34. The molecular formula is C15H17ClFN3O. The highest BCUT2D eigenvalue weighted by Gasteiger charge is 2.40. The fourth-order valence-electron chi connectivity index (χ4n) is 2.94. The van der Waals surface area contributed by atoms with Crippen LogP contribution >= 0.6 is 11.6 Å². The van der Waals surface area contributed by atoms with Crippen molar-refractivity contribution >= 4 is 11.6 Å². The summed E-state index contributed by atoms with van der Waals surface area (Å²) in [7, 11) is 0. The third-order valence-electron chi connectivity index (χ3n) is 4.02. The molecule has 2 heterocycles. The molecule has 1 saturated heterocycles. The first-order valence-electron chi connectivity index (χ1n) is 7.15. The van der Waals surface area contributed by atoms with Crippen LogP contribution in [0.2, 0.25) is 5.02 Å². The molecule has 0 saturated carbocycles. The number of halogens is 2. The summed E-state index contributed by atoms with van der Waals surface area (Å²) in [6, 6.07) is 4.17. The minimum absolute atomic E-state index is 0.0908. The predicted octanol–water partition coefficient (Wildman–Crippen LogP) is 3.56. The smallest absolute Gasteiger partial charge is 0.234 e. The Morgan fingerprint density at radius 3 is 3.00 bits per heavy atom. The number of hydrogen-bond donors (Lipinski definition) is 1. The Hall–Kier alpha value is -1.46. The van der Waals surface area contributed by atoms with Crippen LogP contribution in [0.15, 0.2) is 22.7 Å². The Labute approximate surface area is 127 Å². The summed E-state index contributed by atoms with van der Waals surface area (Å²) in [5.41, 5.74) is 0.498. The maximum atomic E-state index is 13.1. The van der Waals surface area contributed by atoms with Crippen LogP contribution in [-0.2, 0) is 5.41 Å². The first-order valence-corrected chi connectivity index (χ1v) is 7.53. The van der Waals surface area contributed by atoms with E-state index in [1.54, 1.807) is 6.07 Å². The van der Waals surface area contributed by atoms with Gasteiger partial charge in [0.05, 0.1) is 10.4 Å². The predicted molar refractivity (Wildman–Crippen MR) is 78.8 cm³/mol. The highest BCUT2D eigenvalue weighted by molar-refractivity contribution is 6.33. The van der Waals surface area contributed by atoms with Crippen molar-refractivity contribution < 1.29 is 8.91 Å². The van der Waals surface area contributed by atoms with Crippen LogP contribution in [0.3, 0.4) is 0 Å². The van der Waals surface area contributed by atoms with Gasteiger partial charge in [-0.1, -0.05) is 30.1 Å². The van der Waals surface area contributed by atoms with Crippen molar-refractivity contribution in [3.05, 3.63) is 34.9 Å². The Balaban J connectivity index is 1.95. The van der Waals surface area contributed by atoms with Crippen LogP contribution in [0.5, 0.6) is 0 Å². The molecule has 1 unspecified atom stereocenters. The zero-order valence-electron chi connectivity index (χ0n) is 11.8. The van der Waals surface area contributed by atoms with Crippen LogP contribution in [0.25, 0.3) is 11.4 Å². The lowest BCUT2D eigenvalue weighted by Crippen LogP contribution is -2.29. The molecule has 1 aromatic heterocycles. The van der Waals surface area contributed by atoms with Crippen molar-refractivity contribution in [1.82, 2.24) is 15.5 Å². The van der Waals surface area contributed by atoms with E-state index in [4.69, 9.17) is 16.1 Å². The lowest BCUT2D eigenvalue weighted by atomic mass is 9.82. The van der Waals surface area contributed by atoms with E-state index in [2.05, 4.69) is 22.4 Å². The van der Waals surface area contributed by atoms with Crippen LogP contribution in [0.4, 0.5) is 4.39 Å². The molecular weight excluding hydrogens is 293 g/mol. The second-order valence-electron chi connectivity index (χ2n) is 5.50. The molecule has 1 aliphatic heterocycles. The van der Waals surface area contributed by atoms with Gasteiger partial charge in [0.15, 0.2) is 0 Å². The van der Waals surface area contributed by atoms with Gasteiger partial charge in [-0.15, -0.1) is 0 Å². The van der Waals surface area contributed by atoms with Gasteiger partial charge in [0.2, 0.25) is 11.7 Å². The zero-order valence-corrected chi connectivity index (χ0v) is 12.6. The molecule has 1 atom stereocenters. The topological polar surface area (TPSA) is 51.0 Å². The maximum absolute atomic E-state index is 13.1. The molecule has 112 valence electrons. The van der Waals surface area contributed by atoms with Crippen molar-refractivity contribution in [3.63, 3.8) is 0 Å². The van der Waals surface area contributed by atoms with Crippen molar-refractivity contribution in [1.29, 1.82) is 0 Å². The fraction of sp³-hybridized carbons (Fsp3) is 0.467. The van der Waals surface area contributed by atoms with Gasteiger partial charge in [0, 0.05) is 12.1 Å². The summed E-state index contributed by atoms with van der Waals surface area (Å²) in [6.07, 6.45) is 3.04. The molecule has 0 aliphatic carbocycles. The molecule has 0 amide bonds.